The Hall–Kier alpha value is -4.19. The molecule has 0 saturated heterocycles. The van der Waals surface area contributed by atoms with Crippen LogP contribution in [0.15, 0.2) is 55.0 Å². The second-order valence-corrected chi connectivity index (χ2v) is 8.44. The summed E-state index contributed by atoms with van der Waals surface area (Å²) >= 11 is 0. The molecule has 2 atom stereocenters. The summed E-state index contributed by atoms with van der Waals surface area (Å²) in [5, 5.41) is 19.6. The Labute approximate surface area is 209 Å². The van der Waals surface area contributed by atoms with Gasteiger partial charge >= 0.3 is 5.97 Å². The molecule has 2 amide bonds. The average Bonchev–Trinajstić information content (AvgIpc) is 3.30. The summed E-state index contributed by atoms with van der Waals surface area (Å²) in [6, 6.07) is 9.59. The van der Waals surface area contributed by atoms with E-state index in [2.05, 4.69) is 30.5 Å². The molecule has 12 nitrogen and oxygen atoms in total. The van der Waals surface area contributed by atoms with Gasteiger partial charge in [0, 0.05) is 39.1 Å². The summed E-state index contributed by atoms with van der Waals surface area (Å²) in [7, 11) is 1.48. The Bertz CT molecular complexity index is 1110. The van der Waals surface area contributed by atoms with Crippen molar-refractivity contribution in [2.24, 2.45) is 0 Å². The highest BCUT2D eigenvalue weighted by Crippen LogP contribution is 2.11. The molecule has 0 bridgehead atoms. The monoisotopic (exact) mass is 494 g/mol. The molecule has 0 spiro atoms. The third kappa shape index (κ3) is 7.67. The van der Waals surface area contributed by atoms with Gasteiger partial charge in [-0.3, -0.25) is 29.3 Å². The molecular formula is C24H30N8O4. The van der Waals surface area contributed by atoms with Gasteiger partial charge in [0.1, 0.15) is 18.6 Å². The number of aliphatic carboxylic acids is 1. The largest absolute Gasteiger partial charge is 0.480 e. The number of carboxylic acid groups (broad SMARTS) is 1. The lowest BCUT2D eigenvalue weighted by Crippen LogP contribution is -2.50. The summed E-state index contributed by atoms with van der Waals surface area (Å²) in [4.78, 5) is 48.1. The summed E-state index contributed by atoms with van der Waals surface area (Å²) in [5.41, 5.74) is 2.47. The molecule has 0 aliphatic rings. The molecule has 0 aliphatic carbocycles. The van der Waals surface area contributed by atoms with E-state index < -0.39 is 24.0 Å². The molecule has 3 rings (SSSR count). The van der Waals surface area contributed by atoms with E-state index in [1.807, 2.05) is 36.4 Å². The van der Waals surface area contributed by atoms with Crippen LogP contribution in [0.5, 0.6) is 0 Å². The van der Waals surface area contributed by atoms with Gasteiger partial charge in [0.15, 0.2) is 0 Å². The van der Waals surface area contributed by atoms with Gasteiger partial charge in [-0.15, -0.1) is 5.10 Å². The number of nitrogens with one attached hydrogen (secondary N) is 1. The van der Waals surface area contributed by atoms with Crippen molar-refractivity contribution < 1.29 is 19.5 Å². The lowest BCUT2D eigenvalue weighted by atomic mass is 10.2. The van der Waals surface area contributed by atoms with Crippen molar-refractivity contribution >= 4 is 17.8 Å². The molecule has 0 aliphatic heterocycles. The van der Waals surface area contributed by atoms with Crippen LogP contribution in [0.3, 0.4) is 0 Å². The van der Waals surface area contributed by atoms with Crippen LogP contribution >= 0.6 is 0 Å². The predicted molar refractivity (Wildman–Crippen MR) is 129 cm³/mol. The van der Waals surface area contributed by atoms with Gasteiger partial charge in [0.25, 0.3) is 0 Å². The molecule has 36 heavy (non-hydrogen) atoms. The van der Waals surface area contributed by atoms with Crippen LogP contribution in [-0.4, -0.2) is 76.8 Å². The fraction of sp³-hybridized carbons (Fsp3) is 0.375. The summed E-state index contributed by atoms with van der Waals surface area (Å²) in [5.74, 6) is -2.07. The number of carboxylic acids is 1. The number of likely N-dealkylation sites (N-methyl/N-ethyl adjacent to an activating group) is 1. The number of hydrogen-bond acceptors (Lipinski definition) is 8. The highest BCUT2D eigenvalue weighted by Gasteiger charge is 2.25. The lowest BCUT2D eigenvalue weighted by Gasteiger charge is -2.24. The van der Waals surface area contributed by atoms with E-state index in [0.29, 0.717) is 25.3 Å². The van der Waals surface area contributed by atoms with Crippen molar-refractivity contribution in [3.8, 4) is 0 Å². The number of carbonyl (C=O) groups is 3. The molecule has 3 heterocycles. The normalized spacial score (nSPS) is 12.7. The molecule has 3 aromatic rings. The van der Waals surface area contributed by atoms with E-state index in [9.17, 15) is 14.4 Å². The van der Waals surface area contributed by atoms with Crippen LogP contribution < -0.4 is 5.32 Å². The van der Waals surface area contributed by atoms with Crippen LogP contribution in [0.1, 0.15) is 30.9 Å². The van der Waals surface area contributed by atoms with Gasteiger partial charge in [-0.25, -0.2) is 4.68 Å². The van der Waals surface area contributed by atoms with E-state index in [1.54, 1.807) is 18.6 Å². The van der Waals surface area contributed by atoms with Crippen LogP contribution in [0.25, 0.3) is 0 Å². The molecule has 0 unspecified atom stereocenters. The van der Waals surface area contributed by atoms with Gasteiger partial charge in [-0.2, -0.15) is 0 Å². The van der Waals surface area contributed by atoms with Gasteiger partial charge in [-0.1, -0.05) is 17.3 Å². The zero-order valence-corrected chi connectivity index (χ0v) is 20.5. The van der Waals surface area contributed by atoms with Crippen LogP contribution in [0, 0.1) is 0 Å². The topological polar surface area (TPSA) is 146 Å². The van der Waals surface area contributed by atoms with E-state index in [1.165, 1.54) is 30.5 Å². The average molecular weight is 495 g/mol. The molecule has 190 valence electrons. The van der Waals surface area contributed by atoms with Gasteiger partial charge in [0.2, 0.25) is 11.8 Å². The number of nitrogens with zero attached hydrogens (tertiary/aromatic N) is 7. The zero-order valence-electron chi connectivity index (χ0n) is 20.5. The maximum Gasteiger partial charge on any atom is 0.325 e. The first-order valence-electron chi connectivity index (χ1n) is 11.4. The minimum Gasteiger partial charge on any atom is -0.480 e. The first-order valence-corrected chi connectivity index (χ1v) is 11.4. The smallest absolute Gasteiger partial charge is 0.325 e. The van der Waals surface area contributed by atoms with Crippen LogP contribution in [-0.2, 0) is 40.6 Å². The van der Waals surface area contributed by atoms with Crippen molar-refractivity contribution in [2.75, 3.05) is 7.05 Å². The number of hydrogen-bond donors (Lipinski definition) is 2. The minimum atomic E-state index is -1.15. The highest BCUT2D eigenvalue weighted by atomic mass is 16.4. The summed E-state index contributed by atoms with van der Waals surface area (Å²) in [6.07, 6.45) is 5.18. The second-order valence-electron chi connectivity index (χ2n) is 8.44. The third-order valence-corrected chi connectivity index (χ3v) is 5.58. The minimum absolute atomic E-state index is 0.115. The van der Waals surface area contributed by atoms with E-state index in [4.69, 9.17) is 5.11 Å². The third-order valence-electron chi connectivity index (χ3n) is 5.58. The Balaban J connectivity index is 1.62. The van der Waals surface area contributed by atoms with Crippen molar-refractivity contribution in [2.45, 2.75) is 52.1 Å². The predicted octanol–water partition coefficient (Wildman–Crippen LogP) is 0.707. The maximum absolute atomic E-state index is 12.7. The van der Waals surface area contributed by atoms with Gasteiger partial charge in [-0.05, 0) is 38.1 Å². The molecule has 0 radical (unpaired) electrons. The van der Waals surface area contributed by atoms with Crippen molar-refractivity contribution in [3.63, 3.8) is 0 Å². The van der Waals surface area contributed by atoms with Gasteiger partial charge in [0.05, 0.1) is 23.3 Å². The molecule has 3 aromatic heterocycles. The molecular weight excluding hydrogens is 464 g/mol. The first-order chi connectivity index (χ1) is 17.2. The van der Waals surface area contributed by atoms with Gasteiger partial charge < -0.3 is 15.3 Å². The standard InChI is InChI=1S/C24H30N8O4/c1-17(24(35)36)27-23(34)18(2)30(3)22(33)16-32-15-21(28-29-32)14-31(12-19-8-4-6-10-25-19)13-20-9-5-7-11-26-20/h4-11,15,17-18H,12-14,16H2,1-3H3,(H,27,34)(H,35,36)/t17-,18-/m1/s1. The number of aromatic nitrogens is 5. The quantitative estimate of drug-likeness (QED) is 0.371. The SMILES string of the molecule is C[C@H](C(=O)N[C@H](C)C(=O)O)N(C)C(=O)Cn1cc(CN(Cc2ccccn2)Cc2ccccn2)nn1. The molecule has 0 aromatic carbocycles. The van der Waals surface area contributed by atoms with Crippen molar-refractivity contribution in [1.29, 1.82) is 0 Å². The Kier molecular flexibility index (Phi) is 9.17. The lowest BCUT2D eigenvalue weighted by molar-refractivity contribution is -0.143. The molecule has 0 fully saturated rings. The number of rotatable bonds is 12. The fourth-order valence-corrected chi connectivity index (χ4v) is 3.36. The van der Waals surface area contributed by atoms with Crippen molar-refractivity contribution in [1.82, 2.24) is 40.1 Å². The van der Waals surface area contributed by atoms with E-state index in [-0.39, 0.29) is 12.5 Å². The second kappa shape index (κ2) is 12.5. The van der Waals surface area contributed by atoms with Crippen molar-refractivity contribution in [3.05, 3.63) is 72.1 Å². The Morgan fingerprint density at radius 2 is 1.56 bits per heavy atom. The Morgan fingerprint density at radius 3 is 2.08 bits per heavy atom. The number of amides is 2. The Morgan fingerprint density at radius 1 is 0.972 bits per heavy atom. The zero-order chi connectivity index (χ0) is 26.1. The molecule has 0 saturated carbocycles. The van der Waals surface area contributed by atoms with Crippen LogP contribution in [0.4, 0.5) is 0 Å². The number of pyridine rings is 2. The molecule has 2 N–H and O–H groups in total. The maximum atomic E-state index is 12.7. The van der Waals surface area contributed by atoms with E-state index >= 15 is 0 Å². The first kappa shape index (κ1) is 26.4. The number of carbonyl (C=O) groups excluding carboxylic acids is 2. The summed E-state index contributed by atoms with van der Waals surface area (Å²) in [6.45, 7) is 4.39. The summed E-state index contributed by atoms with van der Waals surface area (Å²) < 4.78 is 1.42. The van der Waals surface area contributed by atoms with E-state index in [0.717, 1.165) is 11.4 Å². The highest BCUT2D eigenvalue weighted by molar-refractivity contribution is 5.89. The molecule has 12 heteroatoms. The fourth-order valence-electron chi connectivity index (χ4n) is 3.36. The van der Waals surface area contributed by atoms with Crippen LogP contribution in [0.2, 0.25) is 0 Å².